The predicted molar refractivity (Wildman–Crippen MR) is 77.8 cm³/mol. The van der Waals surface area contributed by atoms with Crippen molar-refractivity contribution in [3.8, 4) is 0 Å². The second kappa shape index (κ2) is 5.30. The molecule has 3 N–H and O–H groups in total. The molecule has 0 fully saturated rings. The van der Waals surface area contributed by atoms with Crippen LogP contribution in [0.15, 0.2) is 41.3 Å². The lowest BCUT2D eigenvalue weighted by Crippen LogP contribution is -2.15. The summed E-state index contributed by atoms with van der Waals surface area (Å²) in [4.78, 5) is -0.00289. The van der Waals surface area contributed by atoms with E-state index in [-0.39, 0.29) is 15.6 Å². The number of hydrogen-bond acceptors (Lipinski definition) is 3. The minimum atomic E-state index is -3.93. The highest BCUT2D eigenvalue weighted by Gasteiger charge is 2.19. The van der Waals surface area contributed by atoms with Gasteiger partial charge in [0, 0.05) is 5.69 Å². The van der Waals surface area contributed by atoms with Crippen molar-refractivity contribution in [2.75, 3.05) is 10.5 Å². The Morgan fingerprint density at radius 2 is 1.95 bits per heavy atom. The third-order valence-electron chi connectivity index (χ3n) is 2.70. The van der Waals surface area contributed by atoms with Crippen LogP contribution in [0.25, 0.3) is 0 Å². The molecule has 2 rings (SSSR count). The van der Waals surface area contributed by atoms with Crippen molar-refractivity contribution in [1.29, 1.82) is 0 Å². The number of nitrogen functional groups attached to an aromatic ring is 1. The van der Waals surface area contributed by atoms with Crippen molar-refractivity contribution >= 4 is 33.0 Å². The molecular formula is C13H12ClFN2O2S. The standard InChI is InChI=1S/C13H12ClFN2O2S/c1-8-5-6-9(16)7-12(8)20(18,19)17-11-4-2-3-10(14)13(11)15/h2-7,17H,16H2,1H3. The Labute approximate surface area is 121 Å². The molecule has 7 heteroatoms. The molecule has 0 heterocycles. The molecule has 0 spiro atoms. The summed E-state index contributed by atoms with van der Waals surface area (Å²) in [6.07, 6.45) is 0. The summed E-state index contributed by atoms with van der Waals surface area (Å²) in [5.41, 5.74) is 6.19. The number of nitrogens with one attached hydrogen (secondary N) is 1. The Balaban J connectivity index is 2.46. The summed E-state index contributed by atoms with van der Waals surface area (Å²) >= 11 is 5.62. The van der Waals surface area contributed by atoms with Gasteiger partial charge in [-0.05, 0) is 36.8 Å². The zero-order valence-electron chi connectivity index (χ0n) is 10.5. The van der Waals surface area contributed by atoms with Gasteiger partial charge in [-0.2, -0.15) is 0 Å². The molecule has 0 aliphatic rings. The second-order valence-corrected chi connectivity index (χ2v) is 6.29. The lowest BCUT2D eigenvalue weighted by Gasteiger charge is -2.12. The lowest BCUT2D eigenvalue weighted by atomic mass is 10.2. The largest absolute Gasteiger partial charge is 0.399 e. The van der Waals surface area contributed by atoms with Gasteiger partial charge >= 0.3 is 0 Å². The molecule has 20 heavy (non-hydrogen) atoms. The second-order valence-electron chi connectivity index (χ2n) is 4.23. The van der Waals surface area contributed by atoms with E-state index in [9.17, 15) is 12.8 Å². The molecule has 0 amide bonds. The topological polar surface area (TPSA) is 72.2 Å². The molecule has 0 aromatic heterocycles. The van der Waals surface area contributed by atoms with Crippen molar-refractivity contribution in [2.24, 2.45) is 0 Å². The van der Waals surface area contributed by atoms with Gasteiger partial charge in [0.1, 0.15) is 0 Å². The van der Waals surface area contributed by atoms with Crippen LogP contribution in [0.2, 0.25) is 5.02 Å². The maximum absolute atomic E-state index is 13.7. The molecule has 0 atom stereocenters. The molecule has 0 aliphatic carbocycles. The van der Waals surface area contributed by atoms with E-state index in [1.165, 1.54) is 24.3 Å². The van der Waals surface area contributed by atoms with Gasteiger partial charge in [0.15, 0.2) is 5.82 Å². The fraction of sp³-hybridized carbons (Fsp3) is 0.0769. The predicted octanol–water partition coefficient (Wildman–Crippen LogP) is 3.17. The molecule has 0 saturated heterocycles. The molecule has 2 aromatic rings. The smallest absolute Gasteiger partial charge is 0.262 e. The van der Waals surface area contributed by atoms with E-state index in [1.54, 1.807) is 19.1 Å². The van der Waals surface area contributed by atoms with Gasteiger partial charge in [0.25, 0.3) is 10.0 Å². The zero-order chi connectivity index (χ0) is 14.9. The Morgan fingerprint density at radius 3 is 2.65 bits per heavy atom. The third kappa shape index (κ3) is 2.86. The zero-order valence-corrected chi connectivity index (χ0v) is 12.1. The average molecular weight is 315 g/mol. The van der Waals surface area contributed by atoms with E-state index in [4.69, 9.17) is 17.3 Å². The fourth-order valence-corrected chi connectivity index (χ4v) is 3.20. The highest BCUT2D eigenvalue weighted by molar-refractivity contribution is 7.92. The summed E-state index contributed by atoms with van der Waals surface area (Å²) in [5, 5.41) is -0.158. The number of hydrogen-bond donors (Lipinski definition) is 2. The lowest BCUT2D eigenvalue weighted by molar-refractivity contribution is 0.598. The van der Waals surface area contributed by atoms with Crippen LogP contribution in [0.1, 0.15) is 5.56 Å². The molecule has 0 aliphatic heterocycles. The van der Waals surface area contributed by atoms with E-state index in [0.29, 0.717) is 11.3 Å². The number of nitrogens with two attached hydrogens (primary N) is 1. The summed E-state index contributed by atoms with van der Waals surface area (Å²) in [6, 6.07) is 8.57. The number of anilines is 2. The average Bonchev–Trinajstić information content (AvgIpc) is 2.37. The van der Waals surface area contributed by atoms with E-state index < -0.39 is 15.8 Å². The van der Waals surface area contributed by atoms with Gasteiger partial charge in [-0.25, -0.2) is 12.8 Å². The Kier molecular flexibility index (Phi) is 3.87. The van der Waals surface area contributed by atoms with Crippen molar-refractivity contribution in [1.82, 2.24) is 0 Å². The van der Waals surface area contributed by atoms with Crippen LogP contribution >= 0.6 is 11.6 Å². The van der Waals surface area contributed by atoms with Gasteiger partial charge in [0.2, 0.25) is 0 Å². The molecule has 4 nitrogen and oxygen atoms in total. The minimum Gasteiger partial charge on any atom is -0.399 e. The summed E-state index contributed by atoms with van der Waals surface area (Å²) < 4.78 is 40.4. The minimum absolute atomic E-state index is 0.00289. The van der Waals surface area contributed by atoms with Crippen molar-refractivity contribution in [2.45, 2.75) is 11.8 Å². The van der Waals surface area contributed by atoms with Crippen molar-refractivity contribution < 1.29 is 12.8 Å². The maximum atomic E-state index is 13.7. The Hall–Kier alpha value is -1.79. The monoisotopic (exact) mass is 314 g/mol. The van der Waals surface area contributed by atoms with Crippen LogP contribution in [-0.4, -0.2) is 8.42 Å². The van der Waals surface area contributed by atoms with Crippen LogP contribution in [0.5, 0.6) is 0 Å². The summed E-state index contributed by atoms with van der Waals surface area (Å²) in [5.74, 6) is -0.820. The molecule has 0 radical (unpaired) electrons. The van der Waals surface area contributed by atoms with E-state index in [1.807, 2.05) is 0 Å². The summed E-state index contributed by atoms with van der Waals surface area (Å²) in [7, 11) is -3.93. The number of aryl methyl sites for hydroxylation is 1. The van der Waals surface area contributed by atoms with Crippen LogP contribution in [0.4, 0.5) is 15.8 Å². The SMILES string of the molecule is Cc1ccc(N)cc1S(=O)(=O)Nc1cccc(Cl)c1F. The van der Waals surface area contributed by atoms with E-state index in [2.05, 4.69) is 4.72 Å². The normalized spacial score (nSPS) is 11.3. The van der Waals surface area contributed by atoms with Gasteiger partial charge in [-0.15, -0.1) is 0 Å². The Morgan fingerprint density at radius 1 is 1.25 bits per heavy atom. The summed E-state index contributed by atoms with van der Waals surface area (Å²) in [6.45, 7) is 1.63. The van der Waals surface area contributed by atoms with Gasteiger partial charge in [-0.3, -0.25) is 4.72 Å². The fourth-order valence-electron chi connectivity index (χ4n) is 1.69. The number of rotatable bonds is 3. The first kappa shape index (κ1) is 14.6. The van der Waals surface area contributed by atoms with Crippen LogP contribution in [0, 0.1) is 12.7 Å². The number of halogens is 2. The number of benzene rings is 2. The van der Waals surface area contributed by atoms with Crippen LogP contribution < -0.4 is 10.5 Å². The maximum Gasteiger partial charge on any atom is 0.262 e. The van der Waals surface area contributed by atoms with E-state index in [0.717, 1.165) is 0 Å². The first-order valence-corrected chi connectivity index (χ1v) is 7.50. The molecule has 0 saturated carbocycles. The van der Waals surface area contributed by atoms with E-state index >= 15 is 0 Å². The number of sulfonamides is 1. The van der Waals surface area contributed by atoms with Crippen molar-refractivity contribution in [3.63, 3.8) is 0 Å². The highest BCUT2D eigenvalue weighted by Crippen LogP contribution is 2.26. The van der Waals surface area contributed by atoms with Gasteiger partial charge in [0.05, 0.1) is 15.6 Å². The Bertz CT molecular complexity index is 763. The third-order valence-corrected chi connectivity index (χ3v) is 4.50. The van der Waals surface area contributed by atoms with Gasteiger partial charge in [-0.1, -0.05) is 23.7 Å². The molecule has 0 unspecified atom stereocenters. The van der Waals surface area contributed by atoms with Gasteiger partial charge < -0.3 is 5.73 Å². The quantitative estimate of drug-likeness (QED) is 0.855. The molecular weight excluding hydrogens is 303 g/mol. The molecule has 106 valence electrons. The molecule has 0 bridgehead atoms. The molecule has 2 aromatic carbocycles. The van der Waals surface area contributed by atoms with Crippen LogP contribution in [0.3, 0.4) is 0 Å². The first-order valence-electron chi connectivity index (χ1n) is 5.64. The van der Waals surface area contributed by atoms with Crippen molar-refractivity contribution in [3.05, 3.63) is 52.8 Å². The highest BCUT2D eigenvalue weighted by atomic mass is 35.5. The first-order chi connectivity index (χ1) is 9.31. The van der Waals surface area contributed by atoms with Crippen LogP contribution in [-0.2, 0) is 10.0 Å².